The van der Waals surface area contributed by atoms with Crippen molar-refractivity contribution in [3.8, 4) is 5.75 Å². The number of hydrogen-bond acceptors (Lipinski definition) is 3. The number of nitrogens with zero attached hydrogens (tertiary/aromatic N) is 1. The van der Waals surface area contributed by atoms with E-state index in [1.807, 2.05) is 0 Å². The fraction of sp³-hybridized carbons (Fsp3) is 0.600. The molecule has 0 saturated heterocycles. The normalized spacial score (nSPS) is 18.3. The quantitative estimate of drug-likeness (QED) is 0.889. The molecule has 0 radical (unpaired) electrons. The molecule has 0 aromatic heterocycles. The summed E-state index contributed by atoms with van der Waals surface area (Å²) in [7, 11) is 5.89. The number of benzene rings is 1. The van der Waals surface area contributed by atoms with Crippen molar-refractivity contribution in [2.45, 2.75) is 37.8 Å². The maximum absolute atomic E-state index is 6.56. The van der Waals surface area contributed by atoms with Gasteiger partial charge in [0.05, 0.1) is 7.11 Å². The van der Waals surface area contributed by atoms with Crippen molar-refractivity contribution in [2.24, 2.45) is 5.73 Å². The van der Waals surface area contributed by atoms with E-state index in [9.17, 15) is 0 Å². The molecule has 1 saturated carbocycles. The molecule has 1 fully saturated rings. The van der Waals surface area contributed by atoms with Crippen LogP contribution in [-0.2, 0) is 12.1 Å². The molecule has 0 amide bonds. The predicted molar refractivity (Wildman–Crippen MR) is 74.7 cm³/mol. The summed E-state index contributed by atoms with van der Waals surface area (Å²) >= 11 is 0. The Hall–Kier alpha value is -1.06. The van der Waals surface area contributed by atoms with Crippen molar-refractivity contribution < 1.29 is 4.74 Å². The third-order valence-electron chi connectivity index (χ3n) is 3.82. The van der Waals surface area contributed by atoms with Gasteiger partial charge in [0.1, 0.15) is 5.75 Å². The second-order valence-electron chi connectivity index (χ2n) is 5.60. The fourth-order valence-electron chi connectivity index (χ4n) is 2.96. The SMILES string of the molecule is COc1c(CN(C)C)cccc1C1(N)CCCC1. The van der Waals surface area contributed by atoms with Crippen LogP contribution in [0.5, 0.6) is 5.75 Å². The van der Waals surface area contributed by atoms with E-state index in [4.69, 9.17) is 10.5 Å². The molecule has 0 atom stereocenters. The van der Waals surface area contributed by atoms with Crippen LogP contribution in [0.25, 0.3) is 0 Å². The van der Waals surface area contributed by atoms with E-state index in [0.29, 0.717) is 0 Å². The molecule has 2 N–H and O–H groups in total. The van der Waals surface area contributed by atoms with E-state index < -0.39 is 0 Å². The van der Waals surface area contributed by atoms with Crippen LogP contribution in [0.1, 0.15) is 36.8 Å². The van der Waals surface area contributed by atoms with Crippen LogP contribution >= 0.6 is 0 Å². The number of rotatable bonds is 4. The van der Waals surface area contributed by atoms with Gasteiger partial charge in [-0.25, -0.2) is 0 Å². The van der Waals surface area contributed by atoms with E-state index >= 15 is 0 Å². The summed E-state index contributed by atoms with van der Waals surface area (Å²) in [6, 6.07) is 6.35. The maximum atomic E-state index is 6.56. The first-order valence-electron chi connectivity index (χ1n) is 6.67. The highest BCUT2D eigenvalue weighted by Crippen LogP contribution is 2.41. The Bertz CT molecular complexity index is 409. The average Bonchev–Trinajstić information content (AvgIpc) is 2.76. The summed E-state index contributed by atoms with van der Waals surface area (Å²) in [4.78, 5) is 2.15. The average molecular weight is 248 g/mol. The van der Waals surface area contributed by atoms with Gasteiger partial charge in [0, 0.05) is 23.2 Å². The van der Waals surface area contributed by atoms with Gasteiger partial charge in [0.15, 0.2) is 0 Å². The molecule has 0 unspecified atom stereocenters. The zero-order valence-electron chi connectivity index (χ0n) is 11.7. The molecule has 0 aliphatic heterocycles. The largest absolute Gasteiger partial charge is 0.496 e. The lowest BCUT2D eigenvalue weighted by molar-refractivity contribution is 0.354. The van der Waals surface area contributed by atoms with E-state index in [1.54, 1.807) is 7.11 Å². The second kappa shape index (κ2) is 5.29. The molecule has 0 spiro atoms. The number of hydrogen-bond donors (Lipinski definition) is 1. The van der Waals surface area contributed by atoms with Gasteiger partial charge < -0.3 is 15.4 Å². The smallest absolute Gasteiger partial charge is 0.128 e. The van der Waals surface area contributed by atoms with Gasteiger partial charge in [-0.05, 0) is 26.9 Å². The standard InChI is InChI=1S/C15H24N2O/c1-17(2)11-12-7-6-8-13(14(12)18-3)15(16)9-4-5-10-15/h6-8H,4-5,9-11,16H2,1-3H3. The minimum atomic E-state index is -0.187. The Labute approximate surface area is 110 Å². The molecule has 0 bridgehead atoms. The van der Waals surface area contributed by atoms with E-state index in [2.05, 4.69) is 37.2 Å². The van der Waals surface area contributed by atoms with Crippen LogP contribution in [0, 0.1) is 0 Å². The third-order valence-corrected chi connectivity index (χ3v) is 3.82. The van der Waals surface area contributed by atoms with Gasteiger partial charge in [0.2, 0.25) is 0 Å². The molecular formula is C15H24N2O. The van der Waals surface area contributed by atoms with Crippen LogP contribution in [0.15, 0.2) is 18.2 Å². The minimum Gasteiger partial charge on any atom is -0.496 e. The van der Waals surface area contributed by atoms with Crippen molar-refractivity contribution in [1.29, 1.82) is 0 Å². The van der Waals surface area contributed by atoms with Gasteiger partial charge in [0.25, 0.3) is 0 Å². The lowest BCUT2D eigenvalue weighted by Gasteiger charge is -2.28. The molecule has 1 aromatic rings. The number of para-hydroxylation sites is 1. The van der Waals surface area contributed by atoms with Gasteiger partial charge in [-0.1, -0.05) is 31.0 Å². The van der Waals surface area contributed by atoms with Crippen molar-refractivity contribution in [3.63, 3.8) is 0 Å². The zero-order chi connectivity index (χ0) is 13.2. The van der Waals surface area contributed by atoms with Crippen LogP contribution in [-0.4, -0.2) is 26.1 Å². The highest BCUT2D eigenvalue weighted by Gasteiger charge is 2.34. The van der Waals surface area contributed by atoms with Crippen LogP contribution in [0.2, 0.25) is 0 Å². The maximum Gasteiger partial charge on any atom is 0.128 e. The molecule has 1 aromatic carbocycles. The van der Waals surface area contributed by atoms with Crippen molar-refractivity contribution in [1.82, 2.24) is 4.90 Å². The van der Waals surface area contributed by atoms with Gasteiger partial charge in [-0.15, -0.1) is 0 Å². The molecule has 3 nitrogen and oxygen atoms in total. The first kappa shape index (κ1) is 13.4. The van der Waals surface area contributed by atoms with Crippen molar-refractivity contribution in [3.05, 3.63) is 29.3 Å². The summed E-state index contributed by atoms with van der Waals surface area (Å²) in [5, 5.41) is 0. The van der Waals surface area contributed by atoms with Crippen molar-refractivity contribution in [2.75, 3.05) is 21.2 Å². The zero-order valence-corrected chi connectivity index (χ0v) is 11.7. The van der Waals surface area contributed by atoms with E-state index in [1.165, 1.54) is 24.0 Å². The summed E-state index contributed by atoms with van der Waals surface area (Å²) in [6.45, 7) is 0.882. The number of nitrogens with two attached hydrogens (primary N) is 1. The topological polar surface area (TPSA) is 38.5 Å². The monoisotopic (exact) mass is 248 g/mol. The molecule has 0 heterocycles. The van der Waals surface area contributed by atoms with Crippen LogP contribution in [0.4, 0.5) is 0 Å². The molecule has 1 aliphatic carbocycles. The highest BCUT2D eigenvalue weighted by atomic mass is 16.5. The Kier molecular flexibility index (Phi) is 3.93. The molecule has 3 heteroatoms. The third kappa shape index (κ3) is 2.52. The predicted octanol–water partition coefficient (Wildman–Crippen LogP) is 2.48. The van der Waals surface area contributed by atoms with E-state index in [0.717, 1.165) is 25.1 Å². The summed E-state index contributed by atoms with van der Waals surface area (Å²) in [5.74, 6) is 0.982. The Morgan fingerprint density at radius 3 is 2.50 bits per heavy atom. The van der Waals surface area contributed by atoms with Gasteiger partial charge in [-0.3, -0.25) is 0 Å². The van der Waals surface area contributed by atoms with Crippen LogP contribution < -0.4 is 10.5 Å². The lowest BCUT2D eigenvalue weighted by Crippen LogP contribution is -2.33. The van der Waals surface area contributed by atoms with E-state index in [-0.39, 0.29) is 5.54 Å². The Morgan fingerprint density at radius 1 is 1.28 bits per heavy atom. The Morgan fingerprint density at radius 2 is 1.94 bits per heavy atom. The summed E-state index contributed by atoms with van der Waals surface area (Å²) in [5.41, 5.74) is 8.78. The molecule has 100 valence electrons. The highest BCUT2D eigenvalue weighted by molar-refractivity contribution is 5.46. The molecular weight excluding hydrogens is 224 g/mol. The molecule has 18 heavy (non-hydrogen) atoms. The minimum absolute atomic E-state index is 0.187. The first-order chi connectivity index (χ1) is 8.57. The van der Waals surface area contributed by atoms with Crippen LogP contribution in [0.3, 0.4) is 0 Å². The summed E-state index contributed by atoms with van der Waals surface area (Å²) in [6.07, 6.45) is 4.57. The second-order valence-corrected chi connectivity index (χ2v) is 5.60. The molecule has 2 rings (SSSR count). The lowest BCUT2D eigenvalue weighted by atomic mass is 9.87. The van der Waals surface area contributed by atoms with Crippen molar-refractivity contribution >= 4 is 0 Å². The molecule has 1 aliphatic rings. The number of ether oxygens (including phenoxy) is 1. The summed E-state index contributed by atoms with van der Waals surface area (Å²) < 4.78 is 5.65. The number of methoxy groups -OCH3 is 1. The Balaban J connectivity index is 2.41. The van der Waals surface area contributed by atoms with Gasteiger partial charge in [-0.2, -0.15) is 0 Å². The first-order valence-corrected chi connectivity index (χ1v) is 6.67. The van der Waals surface area contributed by atoms with Gasteiger partial charge >= 0.3 is 0 Å². The fourth-order valence-corrected chi connectivity index (χ4v) is 2.96.